The number of pyridine rings is 1. The van der Waals surface area contributed by atoms with E-state index in [0.29, 0.717) is 18.5 Å². The average Bonchev–Trinajstić information content (AvgIpc) is 2.81. The molecule has 0 spiro atoms. The summed E-state index contributed by atoms with van der Waals surface area (Å²) < 4.78 is 0. The molecule has 0 N–H and O–H groups in total. The van der Waals surface area contributed by atoms with Crippen LogP contribution in [0.5, 0.6) is 0 Å². The summed E-state index contributed by atoms with van der Waals surface area (Å²) in [7, 11) is 0. The molecule has 0 bridgehead atoms. The Labute approximate surface area is 100.0 Å². The molecule has 0 radical (unpaired) electrons. The number of nitrogens with zero attached hydrogens (tertiary/aromatic N) is 2. The summed E-state index contributed by atoms with van der Waals surface area (Å²) in [5.74, 6) is -0.297. The Hall–Kier alpha value is -1.97. The van der Waals surface area contributed by atoms with Crippen LogP contribution in [-0.2, 0) is 4.79 Å². The van der Waals surface area contributed by atoms with Crippen molar-refractivity contribution in [2.75, 3.05) is 6.54 Å². The van der Waals surface area contributed by atoms with Crippen molar-refractivity contribution in [2.45, 2.75) is 12.5 Å². The van der Waals surface area contributed by atoms with Crippen molar-refractivity contribution < 1.29 is 9.59 Å². The summed E-state index contributed by atoms with van der Waals surface area (Å²) >= 11 is 0. The van der Waals surface area contributed by atoms with Crippen molar-refractivity contribution in [3.05, 3.63) is 42.9 Å². The van der Waals surface area contributed by atoms with Gasteiger partial charge in [-0.2, -0.15) is 0 Å². The molecule has 2 rings (SSSR count). The quantitative estimate of drug-likeness (QED) is 0.578. The van der Waals surface area contributed by atoms with Gasteiger partial charge in [0.2, 0.25) is 0 Å². The first kappa shape index (κ1) is 11.5. The van der Waals surface area contributed by atoms with E-state index in [2.05, 4.69) is 11.6 Å². The van der Waals surface area contributed by atoms with E-state index in [9.17, 15) is 9.59 Å². The molecule has 1 fully saturated rings. The van der Waals surface area contributed by atoms with E-state index >= 15 is 0 Å². The number of likely N-dealkylation sites (tertiary alicyclic amines) is 1. The van der Waals surface area contributed by atoms with Gasteiger partial charge < -0.3 is 9.69 Å². The van der Waals surface area contributed by atoms with E-state index in [1.54, 1.807) is 30.7 Å². The molecule has 0 aliphatic carbocycles. The second-order valence-corrected chi connectivity index (χ2v) is 4.05. The summed E-state index contributed by atoms with van der Waals surface area (Å²) in [6.07, 6.45) is 6.30. The van der Waals surface area contributed by atoms with Gasteiger partial charge in [-0.15, -0.1) is 0 Å². The molecule has 17 heavy (non-hydrogen) atoms. The number of rotatable bonds is 4. The lowest BCUT2D eigenvalue weighted by Gasteiger charge is -2.20. The number of aromatic nitrogens is 1. The zero-order valence-electron chi connectivity index (χ0n) is 9.45. The van der Waals surface area contributed by atoms with Crippen LogP contribution in [-0.4, -0.2) is 34.5 Å². The number of ketones is 1. The molecule has 4 heteroatoms. The minimum atomic E-state index is -0.389. The van der Waals surface area contributed by atoms with Gasteiger partial charge in [0.05, 0.1) is 12.0 Å². The molecule has 0 saturated carbocycles. The standard InChI is InChI=1S/C13H14N2O2/c1-2-15-7-5-11(12(15)9-16)13(17)10-4-3-6-14-8-10/h2-4,6,8-9,11-12H,1,5,7H2. The largest absolute Gasteiger partial charge is 0.368 e. The van der Waals surface area contributed by atoms with Gasteiger partial charge in [0.25, 0.3) is 0 Å². The van der Waals surface area contributed by atoms with Crippen LogP contribution in [0, 0.1) is 5.92 Å². The third kappa shape index (κ3) is 2.11. The van der Waals surface area contributed by atoms with E-state index in [1.807, 2.05) is 4.90 Å². The molecule has 1 aromatic rings. The minimum Gasteiger partial charge on any atom is -0.368 e. The lowest BCUT2D eigenvalue weighted by atomic mass is 9.92. The molecule has 2 atom stereocenters. The highest BCUT2D eigenvalue weighted by Crippen LogP contribution is 2.26. The number of hydrogen-bond acceptors (Lipinski definition) is 4. The SMILES string of the molecule is C=CN1CCC(C(=O)c2cccnc2)C1C=O. The lowest BCUT2D eigenvalue weighted by Crippen LogP contribution is -2.33. The smallest absolute Gasteiger partial charge is 0.170 e. The summed E-state index contributed by atoms with van der Waals surface area (Å²) in [5, 5.41) is 0. The van der Waals surface area contributed by atoms with Crippen LogP contribution < -0.4 is 0 Å². The van der Waals surface area contributed by atoms with Crippen molar-refractivity contribution in [3.63, 3.8) is 0 Å². The molecule has 2 unspecified atom stereocenters. The maximum Gasteiger partial charge on any atom is 0.170 e. The fourth-order valence-corrected chi connectivity index (χ4v) is 2.23. The van der Waals surface area contributed by atoms with Gasteiger partial charge in [-0.25, -0.2) is 0 Å². The van der Waals surface area contributed by atoms with Crippen molar-refractivity contribution in [2.24, 2.45) is 5.92 Å². The summed E-state index contributed by atoms with van der Waals surface area (Å²) in [6.45, 7) is 4.35. The predicted molar refractivity (Wildman–Crippen MR) is 63.4 cm³/mol. The topological polar surface area (TPSA) is 50.3 Å². The highest BCUT2D eigenvalue weighted by Gasteiger charge is 2.37. The normalized spacial score (nSPS) is 23.4. The molecule has 0 amide bonds. The van der Waals surface area contributed by atoms with Gasteiger partial charge in [0, 0.05) is 24.5 Å². The fraction of sp³-hybridized carbons (Fsp3) is 0.308. The third-order valence-electron chi connectivity index (χ3n) is 3.15. The Morgan fingerprint density at radius 1 is 1.59 bits per heavy atom. The van der Waals surface area contributed by atoms with Gasteiger partial charge in [0.1, 0.15) is 6.29 Å². The second-order valence-electron chi connectivity index (χ2n) is 4.05. The highest BCUT2D eigenvalue weighted by molar-refractivity contribution is 5.99. The molecule has 1 aliphatic rings. The zero-order chi connectivity index (χ0) is 12.3. The van der Waals surface area contributed by atoms with Crippen molar-refractivity contribution >= 4 is 12.1 Å². The van der Waals surface area contributed by atoms with Gasteiger partial charge >= 0.3 is 0 Å². The Morgan fingerprint density at radius 2 is 2.41 bits per heavy atom. The average molecular weight is 230 g/mol. The predicted octanol–water partition coefficient (Wildman–Crippen LogP) is 1.30. The molecule has 1 aliphatic heterocycles. The van der Waals surface area contributed by atoms with E-state index in [0.717, 1.165) is 6.29 Å². The van der Waals surface area contributed by atoms with Crippen LogP contribution in [0.25, 0.3) is 0 Å². The lowest BCUT2D eigenvalue weighted by molar-refractivity contribution is -0.111. The third-order valence-corrected chi connectivity index (χ3v) is 3.15. The molecule has 0 aromatic carbocycles. The van der Waals surface area contributed by atoms with Crippen LogP contribution in [0.3, 0.4) is 0 Å². The number of aldehydes is 1. The molecule has 88 valence electrons. The van der Waals surface area contributed by atoms with Crippen molar-refractivity contribution in [1.82, 2.24) is 9.88 Å². The van der Waals surface area contributed by atoms with Gasteiger partial charge in [-0.05, 0) is 24.8 Å². The van der Waals surface area contributed by atoms with E-state index in [1.165, 1.54) is 0 Å². The van der Waals surface area contributed by atoms with Gasteiger partial charge in [0.15, 0.2) is 5.78 Å². The monoisotopic (exact) mass is 230 g/mol. The zero-order valence-corrected chi connectivity index (χ0v) is 9.45. The molecular weight excluding hydrogens is 216 g/mol. The Balaban J connectivity index is 2.21. The van der Waals surface area contributed by atoms with Crippen LogP contribution in [0.15, 0.2) is 37.3 Å². The molecular formula is C13H14N2O2. The van der Waals surface area contributed by atoms with Crippen LogP contribution >= 0.6 is 0 Å². The van der Waals surface area contributed by atoms with E-state index < -0.39 is 0 Å². The van der Waals surface area contributed by atoms with Gasteiger partial charge in [-0.3, -0.25) is 9.78 Å². The highest BCUT2D eigenvalue weighted by atomic mass is 16.1. The Kier molecular flexibility index (Phi) is 3.32. The fourth-order valence-electron chi connectivity index (χ4n) is 2.23. The second kappa shape index (κ2) is 4.91. The number of hydrogen-bond donors (Lipinski definition) is 0. The Bertz CT molecular complexity index is 430. The first-order valence-electron chi connectivity index (χ1n) is 5.55. The van der Waals surface area contributed by atoms with Gasteiger partial charge in [-0.1, -0.05) is 6.58 Å². The van der Waals surface area contributed by atoms with E-state index in [4.69, 9.17) is 0 Å². The summed E-state index contributed by atoms with van der Waals surface area (Å²) in [5.41, 5.74) is 0.565. The van der Waals surface area contributed by atoms with Crippen LogP contribution in [0.4, 0.5) is 0 Å². The van der Waals surface area contributed by atoms with Crippen molar-refractivity contribution in [1.29, 1.82) is 0 Å². The Morgan fingerprint density at radius 3 is 3.00 bits per heavy atom. The summed E-state index contributed by atoms with van der Waals surface area (Å²) in [6, 6.07) is 3.07. The molecule has 1 aromatic heterocycles. The van der Waals surface area contributed by atoms with E-state index in [-0.39, 0.29) is 17.7 Å². The summed E-state index contributed by atoms with van der Waals surface area (Å²) in [4.78, 5) is 29.0. The maximum atomic E-state index is 12.2. The first-order valence-corrected chi connectivity index (χ1v) is 5.55. The molecule has 4 nitrogen and oxygen atoms in total. The van der Waals surface area contributed by atoms with Crippen molar-refractivity contribution in [3.8, 4) is 0 Å². The number of Topliss-reactive ketones (excluding diaryl/α,β-unsaturated/α-hetero) is 1. The van der Waals surface area contributed by atoms with Crippen LogP contribution in [0.2, 0.25) is 0 Å². The minimum absolute atomic E-state index is 0.0143. The number of carbonyl (C=O) groups is 2. The molecule has 2 heterocycles. The number of carbonyl (C=O) groups excluding carboxylic acids is 2. The first-order chi connectivity index (χ1) is 8.27. The maximum absolute atomic E-state index is 12.2. The van der Waals surface area contributed by atoms with Crippen LogP contribution in [0.1, 0.15) is 16.8 Å². The molecule has 1 saturated heterocycles.